The van der Waals surface area contributed by atoms with E-state index in [1.807, 2.05) is 0 Å². The van der Waals surface area contributed by atoms with Gasteiger partial charge in [-0.1, -0.05) is 204 Å². The maximum atomic E-state index is 2.70. The van der Waals surface area contributed by atoms with Gasteiger partial charge >= 0.3 is 0 Å². The van der Waals surface area contributed by atoms with E-state index in [1.54, 1.807) is 0 Å². The Kier molecular flexibility index (Phi) is 10.7. The topological polar surface area (TPSA) is 6.48 Å². The summed E-state index contributed by atoms with van der Waals surface area (Å²) in [6, 6.07) is 78.1. The second-order valence-corrected chi connectivity index (χ2v) is 27.2. The van der Waals surface area contributed by atoms with Crippen molar-refractivity contribution in [1.82, 2.24) is 0 Å². The van der Waals surface area contributed by atoms with Gasteiger partial charge in [-0.3, -0.25) is 0 Å². The van der Waals surface area contributed by atoms with Crippen LogP contribution < -0.4 is 26.2 Å². The van der Waals surface area contributed by atoms with Crippen molar-refractivity contribution in [2.24, 2.45) is 0 Å². The van der Waals surface area contributed by atoms with E-state index in [4.69, 9.17) is 0 Å². The van der Waals surface area contributed by atoms with Gasteiger partial charge in [-0.2, -0.15) is 0 Å². The molecular formula is C76H69BN2. The van der Waals surface area contributed by atoms with E-state index in [0.717, 1.165) is 0 Å². The summed E-state index contributed by atoms with van der Waals surface area (Å²) in [5, 5.41) is 15.0. The Bertz CT molecular complexity index is 4260. The fraction of sp³-hybridized carbons (Fsp3) is 0.211. The molecule has 14 rings (SSSR count). The first-order valence-electron chi connectivity index (χ1n) is 28.6. The first-order chi connectivity index (χ1) is 37.6. The zero-order valence-electron chi connectivity index (χ0n) is 48.0. The molecule has 2 nitrogen and oxygen atoms in total. The van der Waals surface area contributed by atoms with E-state index in [1.165, 1.54) is 149 Å². The molecule has 386 valence electrons. The van der Waals surface area contributed by atoms with E-state index in [-0.39, 0.29) is 28.4 Å². The predicted molar refractivity (Wildman–Crippen MR) is 346 cm³/mol. The summed E-state index contributed by atoms with van der Waals surface area (Å²) in [6.45, 7) is 28.3. The van der Waals surface area contributed by atoms with Gasteiger partial charge in [0.25, 0.3) is 6.71 Å². The van der Waals surface area contributed by atoms with Crippen LogP contribution in [-0.2, 0) is 21.7 Å². The van der Waals surface area contributed by atoms with Gasteiger partial charge in [0.2, 0.25) is 0 Å². The van der Waals surface area contributed by atoms with E-state index in [9.17, 15) is 0 Å². The third-order valence-corrected chi connectivity index (χ3v) is 17.6. The van der Waals surface area contributed by atoms with Crippen molar-refractivity contribution < 1.29 is 0 Å². The molecule has 0 saturated carbocycles. The zero-order valence-corrected chi connectivity index (χ0v) is 48.0. The maximum Gasteiger partial charge on any atom is 0.252 e. The zero-order chi connectivity index (χ0) is 54.7. The molecule has 79 heavy (non-hydrogen) atoms. The van der Waals surface area contributed by atoms with Crippen molar-refractivity contribution in [2.45, 2.75) is 105 Å². The lowest BCUT2D eigenvalue weighted by atomic mass is 9.33. The number of fused-ring (bicyclic) bond motifs is 12. The fourth-order valence-electron chi connectivity index (χ4n) is 13.0. The number of anilines is 6. The lowest BCUT2D eigenvalue weighted by molar-refractivity contribution is 0.568. The van der Waals surface area contributed by atoms with E-state index in [0.29, 0.717) is 0 Å². The minimum Gasteiger partial charge on any atom is -0.311 e. The fourth-order valence-corrected chi connectivity index (χ4v) is 13.0. The van der Waals surface area contributed by atoms with Crippen LogP contribution >= 0.6 is 0 Å². The average molecular weight is 1020 g/mol. The Hall–Kier alpha value is -8.14. The highest BCUT2D eigenvalue weighted by atomic mass is 15.2. The van der Waals surface area contributed by atoms with E-state index >= 15 is 0 Å². The van der Waals surface area contributed by atoms with Crippen molar-refractivity contribution >= 4 is 122 Å². The molecule has 0 aliphatic carbocycles. The second-order valence-electron chi connectivity index (χ2n) is 27.2. The summed E-state index contributed by atoms with van der Waals surface area (Å²) < 4.78 is 0. The van der Waals surface area contributed by atoms with E-state index in [2.05, 4.69) is 293 Å². The van der Waals surface area contributed by atoms with Crippen LogP contribution in [-0.4, -0.2) is 6.71 Å². The molecule has 0 aromatic heterocycles. The number of rotatable bonds is 3. The predicted octanol–water partition coefficient (Wildman–Crippen LogP) is 19.5. The van der Waals surface area contributed by atoms with Crippen LogP contribution in [0.1, 0.15) is 105 Å². The standard InChI is InChI=1S/C76H69BN2/c1-73(2,3)58-40-59(74(4,5)6)43-62(42-58)78-68-38-57(53-26-25-52-31-46-19-13-14-22-49(46)34-56(52)35-53)39-69-70(68)77(66-29-27-54-32-47-20-15-17-23-50(47)36-64(54)71(66)78)67-30-28-55-33-48-21-16-18-24-51(48)37-65(55)72(67)79(69)63-44-60(75(7,8)9)41-61(45-63)76(10,11)12/h13-45H,1-12H3. The van der Waals surface area contributed by atoms with Crippen LogP contribution in [0.3, 0.4) is 0 Å². The Morgan fingerprint density at radius 3 is 0.987 bits per heavy atom. The number of hydrogen-bond acceptors (Lipinski definition) is 2. The van der Waals surface area contributed by atoms with Crippen molar-refractivity contribution in [2.75, 3.05) is 9.80 Å². The summed E-state index contributed by atoms with van der Waals surface area (Å²) in [7, 11) is 0. The summed E-state index contributed by atoms with van der Waals surface area (Å²) >= 11 is 0. The maximum absolute atomic E-state index is 2.70. The largest absolute Gasteiger partial charge is 0.311 e. The first-order valence-corrected chi connectivity index (χ1v) is 28.6. The molecule has 12 aromatic carbocycles. The average Bonchev–Trinajstić information content (AvgIpc) is 3.55. The molecule has 2 aliphatic rings. The van der Waals surface area contributed by atoms with Crippen molar-refractivity contribution in [1.29, 1.82) is 0 Å². The molecule has 2 aliphatic heterocycles. The van der Waals surface area contributed by atoms with Gasteiger partial charge in [0.1, 0.15) is 0 Å². The molecule has 12 aromatic rings. The molecule has 0 bridgehead atoms. The first kappa shape index (κ1) is 49.2. The molecule has 0 saturated heterocycles. The molecule has 0 N–H and O–H groups in total. The van der Waals surface area contributed by atoms with Crippen molar-refractivity contribution in [3.8, 4) is 11.1 Å². The SMILES string of the molecule is CC(C)(C)c1cc(N2c3cc(-c4ccc5cc6ccccc6cc5c4)cc4c3B(c3ccc5cc6ccccc6cc5c32)c2ccc3cc5ccccc5cc3c2N4c2cc(C(C)(C)C)cc(C(C)(C)C)c2)cc(C(C)(C)C)c1. The number of hydrogen-bond donors (Lipinski definition) is 0. The third kappa shape index (κ3) is 8.06. The van der Waals surface area contributed by atoms with Crippen LogP contribution in [0, 0.1) is 0 Å². The Labute approximate surface area is 467 Å². The molecule has 0 atom stereocenters. The molecule has 3 heteroatoms. The van der Waals surface area contributed by atoms with Crippen molar-refractivity contribution in [3.63, 3.8) is 0 Å². The van der Waals surface area contributed by atoms with Gasteiger partial charge in [0.05, 0.1) is 0 Å². The molecule has 2 heterocycles. The smallest absolute Gasteiger partial charge is 0.252 e. The Morgan fingerprint density at radius 1 is 0.278 bits per heavy atom. The van der Waals surface area contributed by atoms with Crippen LogP contribution in [0.2, 0.25) is 0 Å². The monoisotopic (exact) mass is 1020 g/mol. The lowest BCUT2D eigenvalue weighted by Crippen LogP contribution is -2.61. The summed E-state index contributed by atoms with van der Waals surface area (Å²) in [6.07, 6.45) is 0. The molecular weight excluding hydrogens is 952 g/mol. The highest BCUT2D eigenvalue weighted by Crippen LogP contribution is 2.52. The summed E-state index contributed by atoms with van der Waals surface area (Å²) in [5.41, 5.74) is 18.6. The summed E-state index contributed by atoms with van der Waals surface area (Å²) in [4.78, 5) is 5.41. The highest BCUT2D eigenvalue weighted by molar-refractivity contribution is 7.00. The Morgan fingerprint density at radius 2 is 0.608 bits per heavy atom. The molecule has 0 spiro atoms. The quantitative estimate of drug-likeness (QED) is 0.129. The molecule has 0 fully saturated rings. The second kappa shape index (κ2) is 17.2. The minimum absolute atomic E-state index is 0.0907. The van der Waals surface area contributed by atoms with Crippen LogP contribution in [0.15, 0.2) is 200 Å². The normalized spacial score (nSPS) is 13.7. The van der Waals surface area contributed by atoms with Gasteiger partial charge in [-0.15, -0.1) is 0 Å². The van der Waals surface area contributed by atoms with E-state index < -0.39 is 0 Å². The van der Waals surface area contributed by atoms with Crippen LogP contribution in [0.4, 0.5) is 34.1 Å². The highest BCUT2D eigenvalue weighted by Gasteiger charge is 2.45. The summed E-state index contributed by atoms with van der Waals surface area (Å²) in [5.74, 6) is 0. The van der Waals surface area contributed by atoms with Gasteiger partial charge < -0.3 is 9.80 Å². The molecule has 0 radical (unpaired) electrons. The lowest BCUT2D eigenvalue weighted by Gasteiger charge is -2.46. The third-order valence-electron chi connectivity index (χ3n) is 17.6. The van der Waals surface area contributed by atoms with Crippen molar-refractivity contribution in [3.05, 3.63) is 222 Å². The Balaban J connectivity index is 1.18. The molecule has 0 unspecified atom stereocenters. The van der Waals surface area contributed by atoms with Crippen LogP contribution in [0.25, 0.3) is 75.8 Å². The van der Waals surface area contributed by atoms with Gasteiger partial charge in [0.15, 0.2) is 0 Å². The number of nitrogens with zero attached hydrogens (tertiary/aromatic N) is 2. The van der Waals surface area contributed by atoms with Gasteiger partial charge in [-0.25, -0.2) is 0 Å². The minimum atomic E-state index is -0.105. The van der Waals surface area contributed by atoms with Gasteiger partial charge in [0, 0.05) is 44.9 Å². The molecule has 0 amide bonds. The van der Waals surface area contributed by atoms with Gasteiger partial charge in [-0.05, 0) is 204 Å². The van der Waals surface area contributed by atoms with Crippen LogP contribution in [0.5, 0.6) is 0 Å². The number of benzene rings is 12.